The van der Waals surface area contributed by atoms with Gasteiger partial charge in [0.05, 0.1) is 5.38 Å². The van der Waals surface area contributed by atoms with E-state index in [9.17, 15) is 4.79 Å². The third-order valence-corrected chi connectivity index (χ3v) is 2.95. The SMILES string of the molecule is Cc1cc(C(=O)C(C)Cl)c(C)n1-c1ncc[nH]1. The second-order valence-electron chi connectivity index (χ2n) is 4.01. The van der Waals surface area contributed by atoms with E-state index in [0.29, 0.717) is 11.5 Å². The summed E-state index contributed by atoms with van der Waals surface area (Å²) in [7, 11) is 0. The highest BCUT2D eigenvalue weighted by Gasteiger charge is 2.20. The van der Waals surface area contributed by atoms with Gasteiger partial charge < -0.3 is 4.98 Å². The summed E-state index contributed by atoms with van der Waals surface area (Å²) in [6, 6.07) is 1.85. The van der Waals surface area contributed by atoms with E-state index in [-0.39, 0.29) is 5.78 Å². The van der Waals surface area contributed by atoms with E-state index in [1.54, 1.807) is 19.3 Å². The van der Waals surface area contributed by atoms with Crippen LogP contribution in [0.15, 0.2) is 18.5 Å². The average Bonchev–Trinajstić information content (AvgIpc) is 2.85. The highest BCUT2D eigenvalue weighted by molar-refractivity contribution is 6.33. The normalized spacial score (nSPS) is 12.7. The molecule has 2 aromatic heterocycles. The second kappa shape index (κ2) is 4.37. The number of carbonyl (C=O) groups is 1. The van der Waals surface area contributed by atoms with Crippen molar-refractivity contribution in [2.24, 2.45) is 0 Å². The monoisotopic (exact) mass is 251 g/mol. The summed E-state index contributed by atoms with van der Waals surface area (Å²) in [4.78, 5) is 19.1. The Kier molecular flexibility index (Phi) is 3.07. The van der Waals surface area contributed by atoms with Crippen molar-refractivity contribution in [1.82, 2.24) is 14.5 Å². The number of aryl methyl sites for hydroxylation is 1. The Morgan fingerprint density at radius 2 is 2.24 bits per heavy atom. The van der Waals surface area contributed by atoms with E-state index in [1.807, 2.05) is 24.5 Å². The number of halogens is 1. The topological polar surface area (TPSA) is 50.7 Å². The van der Waals surface area contributed by atoms with Crippen LogP contribution >= 0.6 is 11.6 Å². The number of imidazole rings is 1. The first-order chi connectivity index (χ1) is 8.02. The Morgan fingerprint density at radius 3 is 2.76 bits per heavy atom. The van der Waals surface area contributed by atoms with Crippen molar-refractivity contribution < 1.29 is 4.79 Å². The number of aromatic nitrogens is 3. The number of hydrogen-bond acceptors (Lipinski definition) is 2. The molecule has 90 valence electrons. The molecule has 1 unspecified atom stereocenters. The van der Waals surface area contributed by atoms with Gasteiger partial charge in [-0.2, -0.15) is 0 Å². The van der Waals surface area contributed by atoms with Gasteiger partial charge in [0.1, 0.15) is 0 Å². The Labute approximate surface area is 105 Å². The summed E-state index contributed by atoms with van der Waals surface area (Å²) < 4.78 is 1.91. The molecule has 2 rings (SSSR count). The number of carbonyl (C=O) groups excluding carboxylic acids is 1. The van der Waals surface area contributed by atoms with Gasteiger partial charge in [-0.3, -0.25) is 9.36 Å². The van der Waals surface area contributed by atoms with Crippen molar-refractivity contribution in [2.75, 3.05) is 0 Å². The van der Waals surface area contributed by atoms with Crippen LogP contribution in [0.2, 0.25) is 0 Å². The maximum absolute atomic E-state index is 11.9. The molecule has 5 heteroatoms. The summed E-state index contributed by atoms with van der Waals surface area (Å²) >= 11 is 5.84. The van der Waals surface area contributed by atoms with Gasteiger partial charge >= 0.3 is 0 Å². The number of rotatable bonds is 3. The second-order valence-corrected chi connectivity index (χ2v) is 4.67. The van der Waals surface area contributed by atoms with Gasteiger partial charge in [-0.15, -0.1) is 11.6 Å². The fraction of sp³-hybridized carbons (Fsp3) is 0.333. The van der Waals surface area contributed by atoms with E-state index in [4.69, 9.17) is 11.6 Å². The largest absolute Gasteiger partial charge is 0.330 e. The molecule has 1 atom stereocenters. The number of hydrogen-bond donors (Lipinski definition) is 1. The molecule has 0 aliphatic carbocycles. The van der Waals surface area contributed by atoms with Gasteiger partial charge in [-0.1, -0.05) is 0 Å². The zero-order chi connectivity index (χ0) is 12.6. The first-order valence-corrected chi connectivity index (χ1v) is 5.83. The number of aromatic amines is 1. The molecule has 0 amide bonds. The fourth-order valence-corrected chi connectivity index (χ4v) is 2.05. The van der Waals surface area contributed by atoms with Crippen LogP contribution in [0.1, 0.15) is 28.7 Å². The van der Waals surface area contributed by atoms with Crippen LogP contribution in [0.4, 0.5) is 0 Å². The highest BCUT2D eigenvalue weighted by Crippen LogP contribution is 2.20. The lowest BCUT2D eigenvalue weighted by molar-refractivity contribution is 0.0991. The summed E-state index contributed by atoms with van der Waals surface area (Å²) in [6.07, 6.45) is 3.43. The van der Waals surface area contributed by atoms with E-state index in [1.165, 1.54) is 0 Å². The van der Waals surface area contributed by atoms with Crippen molar-refractivity contribution in [3.05, 3.63) is 35.4 Å². The van der Waals surface area contributed by atoms with E-state index >= 15 is 0 Å². The van der Waals surface area contributed by atoms with Gasteiger partial charge in [-0.25, -0.2) is 4.98 Å². The highest BCUT2D eigenvalue weighted by atomic mass is 35.5. The van der Waals surface area contributed by atoms with E-state index < -0.39 is 5.38 Å². The summed E-state index contributed by atoms with van der Waals surface area (Å²) in [5, 5.41) is -0.513. The Bertz CT molecular complexity index is 540. The molecule has 4 nitrogen and oxygen atoms in total. The minimum Gasteiger partial charge on any atom is -0.330 e. The van der Waals surface area contributed by atoms with Crippen molar-refractivity contribution in [2.45, 2.75) is 26.1 Å². The molecule has 0 fully saturated rings. The number of ketones is 1. The lowest BCUT2D eigenvalue weighted by Crippen LogP contribution is -2.12. The third kappa shape index (κ3) is 2.00. The first kappa shape index (κ1) is 11.9. The van der Waals surface area contributed by atoms with Gasteiger partial charge in [-0.05, 0) is 26.8 Å². The molecule has 0 spiro atoms. The predicted octanol–water partition coefficient (Wildman–Crippen LogP) is 2.63. The summed E-state index contributed by atoms with van der Waals surface area (Å²) in [5.41, 5.74) is 2.47. The predicted molar refractivity (Wildman–Crippen MR) is 67.0 cm³/mol. The Balaban J connectivity index is 2.54. The van der Waals surface area contributed by atoms with Crippen molar-refractivity contribution in [3.8, 4) is 5.95 Å². The molecule has 0 saturated heterocycles. The number of nitrogens with one attached hydrogen (secondary N) is 1. The first-order valence-electron chi connectivity index (χ1n) is 5.39. The number of alkyl halides is 1. The Hall–Kier alpha value is -1.55. The quantitative estimate of drug-likeness (QED) is 0.673. The van der Waals surface area contributed by atoms with E-state index in [2.05, 4.69) is 9.97 Å². The summed E-state index contributed by atoms with van der Waals surface area (Å²) in [6.45, 7) is 5.51. The molecular weight excluding hydrogens is 238 g/mol. The van der Waals surface area contributed by atoms with E-state index in [0.717, 1.165) is 11.4 Å². The van der Waals surface area contributed by atoms with Crippen molar-refractivity contribution in [3.63, 3.8) is 0 Å². The van der Waals surface area contributed by atoms with Crippen LogP contribution in [-0.4, -0.2) is 25.7 Å². The van der Waals surface area contributed by atoms with Crippen LogP contribution in [0.5, 0.6) is 0 Å². The molecule has 0 aromatic carbocycles. The number of Topliss-reactive ketones (excluding diaryl/α,β-unsaturated/α-hetero) is 1. The maximum Gasteiger partial charge on any atom is 0.211 e. The molecule has 1 N–H and O–H groups in total. The van der Waals surface area contributed by atoms with Gasteiger partial charge in [0, 0.05) is 29.3 Å². The van der Waals surface area contributed by atoms with Crippen molar-refractivity contribution >= 4 is 17.4 Å². The smallest absolute Gasteiger partial charge is 0.211 e. The summed E-state index contributed by atoms with van der Waals surface area (Å²) in [5.74, 6) is 0.652. The van der Waals surface area contributed by atoms with Crippen molar-refractivity contribution in [1.29, 1.82) is 0 Å². The van der Waals surface area contributed by atoms with Crippen LogP contribution in [-0.2, 0) is 0 Å². The zero-order valence-corrected chi connectivity index (χ0v) is 10.7. The average molecular weight is 252 g/mol. The fourth-order valence-electron chi connectivity index (χ4n) is 1.93. The minimum absolute atomic E-state index is 0.0578. The maximum atomic E-state index is 11.9. The molecular formula is C12H14ClN3O. The lowest BCUT2D eigenvalue weighted by atomic mass is 10.1. The van der Waals surface area contributed by atoms with Crippen LogP contribution in [0.3, 0.4) is 0 Å². The third-order valence-electron chi connectivity index (χ3n) is 2.75. The van der Waals surface area contributed by atoms with Crippen LogP contribution in [0.25, 0.3) is 5.95 Å². The van der Waals surface area contributed by atoms with Gasteiger partial charge in [0.15, 0.2) is 5.78 Å². The molecule has 0 radical (unpaired) electrons. The standard InChI is InChI=1S/C12H14ClN3O/c1-7-6-10(11(17)8(2)13)9(3)16(7)12-14-4-5-15-12/h4-6,8H,1-3H3,(H,14,15). The Morgan fingerprint density at radius 1 is 1.53 bits per heavy atom. The van der Waals surface area contributed by atoms with Crippen LogP contribution < -0.4 is 0 Å². The van der Waals surface area contributed by atoms with Gasteiger partial charge in [0.25, 0.3) is 0 Å². The molecule has 0 aliphatic heterocycles. The molecule has 17 heavy (non-hydrogen) atoms. The van der Waals surface area contributed by atoms with Crippen LogP contribution in [0, 0.1) is 13.8 Å². The molecule has 0 bridgehead atoms. The number of H-pyrrole nitrogens is 1. The molecule has 2 heterocycles. The number of nitrogens with zero attached hydrogens (tertiary/aromatic N) is 2. The molecule has 0 saturated carbocycles. The van der Waals surface area contributed by atoms with Gasteiger partial charge in [0.2, 0.25) is 5.95 Å². The lowest BCUT2D eigenvalue weighted by Gasteiger charge is -2.06. The minimum atomic E-state index is -0.513. The zero-order valence-electron chi connectivity index (χ0n) is 9.99. The molecule has 0 aliphatic rings. The molecule has 2 aromatic rings.